The van der Waals surface area contributed by atoms with Gasteiger partial charge in [-0.1, -0.05) is 0 Å². The number of hydrogen-bond donors (Lipinski definition) is 1. The molecule has 0 aromatic carbocycles. The van der Waals surface area contributed by atoms with Crippen molar-refractivity contribution in [2.24, 2.45) is 5.73 Å². The van der Waals surface area contributed by atoms with Crippen LogP contribution in [-0.4, -0.2) is 37.1 Å². The molecule has 0 atom stereocenters. The Morgan fingerprint density at radius 2 is 2.22 bits per heavy atom. The Labute approximate surface area is 107 Å². The molecule has 0 radical (unpaired) electrons. The van der Waals surface area contributed by atoms with E-state index in [0.717, 1.165) is 37.3 Å². The van der Waals surface area contributed by atoms with Gasteiger partial charge in [0.15, 0.2) is 5.79 Å². The molecule has 0 saturated carbocycles. The van der Waals surface area contributed by atoms with Gasteiger partial charge in [0, 0.05) is 25.7 Å². The number of rotatable bonds is 2. The number of nitrogens with zero attached hydrogens (tertiary/aromatic N) is 2. The molecule has 0 bridgehead atoms. The van der Waals surface area contributed by atoms with Gasteiger partial charge in [-0.25, -0.2) is 0 Å². The van der Waals surface area contributed by atoms with Crippen molar-refractivity contribution < 1.29 is 9.47 Å². The zero-order valence-electron chi connectivity index (χ0n) is 10.5. The first-order chi connectivity index (χ1) is 8.83. The molecule has 0 unspecified atom stereocenters. The van der Waals surface area contributed by atoms with E-state index in [0.29, 0.717) is 19.8 Å². The average molecular weight is 249 g/mol. The highest BCUT2D eigenvalue weighted by molar-refractivity contribution is 5.51. The molecule has 0 aliphatic carbocycles. The van der Waals surface area contributed by atoms with Gasteiger partial charge in [-0.2, -0.15) is 0 Å². The number of nitrogens with two attached hydrogens (primary N) is 1. The summed E-state index contributed by atoms with van der Waals surface area (Å²) in [4.78, 5) is 6.62. The number of piperidine rings is 1. The van der Waals surface area contributed by atoms with Gasteiger partial charge >= 0.3 is 0 Å². The Balaban J connectivity index is 1.83. The van der Waals surface area contributed by atoms with E-state index in [4.69, 9.17) is 15.2 Å². The number of hydrogen-bond acceptors (Lipinski definition) is 5. The number of anilines is 1. The molecule has 1 spiro atoms. The topological polar surface area (TPSA) is 60.6 Å². The van der Waals surface area contributed by atoms with Gasteiger partial charge in [0.05, 0.1) is 31.1 Å². The van der Waals surface area contributed by atoms with Gasteiger partial charge < -0.3 is 20.1 Å². The van der Waals surface area contributed by atoms with Crippen molar-refractivity contribution >= 4 is 5.69 Å². The molecule has 5 nitrogen and oxygen atoms in total. The molecule has 3 rings (SSSR count). The van der Waals surface area contributed by atoms with E-state index < -0.39 is 5.79 Å². The number of pyridine rings is 1. The summed E-state index contributed by atoms with van der Waals surface area (Å²) in [7, 11) is 0. The van der Waals surface area contributed by atoms with Crippen LogP contribution in [0.2, 0.25) is 0 Å². The van der Waals surface area contributed by atoms with E-state index in [9.17, 15) is 0 Å². The summed E-state index contributed by atoms with van der Waals surface area (Å²) in [6.07, 6.45) is 3.83. The third-order valence-corrected chi connectivity index (χ3v) is 3.63. The van der Waals surface area contributed by atoms with E-state index in [1.54, 1.807) is 6.20 Å². The Kier molecular flexibility index (Phi) is 3.20. The Bertz CT molecular complexity index is 418. The summed E-state index contributed by atoms with van der Waals surface area (Å²) in [6, 6.07) is 4.02. The van der Waals surface area contributed by atoms with Crippen LogP contribution in [0.25, 0.3) is 0 Å². The zero-order valence-corrected chi connectivity index (χ0v) is 10.5. The molecule has 1 aromatic heterocycles. The van der Waals surface area contributed by atoms with E-state index in [1.165, 1.54) is 0 Å². The van der Waals surface area contributed by atoms with Crippen LogP contribution in [0.15, 0.2) is 18.3 Å². The highest BCUT2D eigenvalue weighted by Crippen LogP contribution is 2.33. The molecule has 18 heavy (non-hydrogen) atoms. The molecular formula is C13H19N3O2. The van der Waals surface area contributed by atoms with Crippen molar-refractivity contribution in [1.29, 1.82) is 0 Å². The van der Waals surface area contributed by atoms with Crippen LogP contribution in [0, 0.1) is 0 Å². The normalized spacial score (nSPS) is 22.6. The minimum Gasteiger partial charge on any atom is -0.365 e. The molecule has 2 aliphatic heterocycles. The summed E-state index contributed by atoms with van der Waals surface area (Å²) in [6.45, 7) is 3.63. The van der Waals surface area contributed by atoms with Crippen LogP contribution >= 0.6 is 0 Å². The van der Waals surface area contributed by atoms with Crippen molar-refractivity contribution in [3.63, 3.8) is 0 Å². The van der Waals surface area contributed by atoms with Crippen LogP contribution in [0.5, 0.6) is 0 Å². The van der Waals surface area contributed by atoms with Crippen LogP contribution in [0.1, 0.15) is 18.5 Å². The fourth-order valence-corrected chi connectivity index (χ4v) is 2.80. The van der Waals surface area contributed by atoms with Gasteiger partial charge in [0.2, 0.25) is 0 Å². The van der Waals surface area contributed by atoms with E-state index in [1.807, 2.05) is 6.07 Å². The predicted molar refractivity (Wildman–Crippen MR) is 68.2 cm³/mol. The maximum absolute atomic E-state index is 5.79. The van der Waals surface area contributed by atoms with Gasteiger partial charge in [-0.3, -0.25) is 4.98 Å². The summed E-state index contributed by atoms with van der Waals surface area (Å²) in [5.41, 5.74) is 7.80. The summed E-state index contributed by atoms with van der Waals surface area (Å²) in [5, 5.41) is 0. The highest BCUT2D eigenvalue weighted by atomic mass is 16.7. The second-order valence-electron chi connectivity index (χ2n) is 4.81. The first kappa shape index (κ1) is 11.9. The molecule has 5 heteroatoms. The molecule has 3 heterocycles. The SMILES string of the molecule is NCc1ncccc1N1CCCC2(C1)OCCO2. The minimum absolute atomic E-state index is 0.403. The Morgan fingerprint density at radius 3 is 3.00 bits per heavy atom. The molecule has 98 valence electrons. The molecule has 0 amide bonds. The van der Waals surface area contributed by atoms with E-state index in [-0.39, 0.29) is 0 Å². The Morgan fingerprint density at radius 1 is 1.39 bits per heavy atom. The first-order valence-corrected chi connectivity index (χ1v) is 6.50. The van der Waals surface area contributed by atoms with Crippen LogP contribution < -0.4 is 10.6 Å². The molecule has 2 N–H and O–H groups in total. The van der Waals surface area contributed by atoms with Gasteiger partial charge in [-0.15, -0.1) is 0 Å². The Hall–Kier alpha value is -1.17. The van der Waals surface area contributed by atoms with Crippen molar-refractivity contribution in [3.8, 4) is 0 Å². The average Bonchev–Trinajstić information content (AvgIpc) is 2.86. The first-order valence-electron chi connectivity index (χ1n) is 6.50. The molecule has 1 aromatic rings. The predicted octanol–water partition coefficient (Wildman–Crippen LogP) is 0.884. The highest BCUT2D eigenvalue weighted by Gasteiger charge is 2.41. The summed E-state index contributed by atoms with van der Waals surface area (Å²) in [5.74, 6) is -0.403. The lowest BCUT2D eigenvalue weighted by Gasteiger charge is -2.40. The summed E-state index contributed by atoms with van der Waals surface area (Å²) < 4.78 is 11.6. The lowest BCUT2D eigenvalue weighted by Crippen LogP contribution is -2.49. The van der Waals surface area contributed by atoms with E-state index in [2.05, 4.69) is 16.0 Å². The molecular weight excluding hydrogens is 230 g/mol. The second-order valence-corrected chi connectivity index (χ2v) is 4.81. The lowest BCUT2D eigenvalue weighted by molar-refractivity contribution is -0.161. The maximum atomic E-state index is 5.79. The van der Waals surface area contributed by atoms with Crippen molar-refractivity contribution in [3.05, 3.63) is 24.0 Å². The number of ether oxygens (including phenoxy) is 2. The smallest absolute Gasteiger partial charge is 0.186 e. The summed E-state index contributed by atoms with van der Waals surface area (Å²) >= 11 is 0. The monoisotopic (exact) mass is 249 g/mol. The van der Waals surface area contributed by atoms with Crippen molar-refractivity contribution in [2.75, 3.05) is 31.2 Å². The lowest BCUT2D eigenvalue weighted by atomic mass is 10.0. The quantitative estimate of drug-likeness (QED) is 0.843. The van der Waals surface area contributed by atoms with Crippen LogP contribution in [0.3, 0.4) is 0 Å². The standard InChI is InChI=1S/C13H19N3O2/c14-9-11-12(3-1-5-15-11)16-6-2-4-13(10-16)17-7-8-18-13/h1,3,5H,2,4,6-10,14H2. The van der Waals surface area contributed by atoms with E-state index >= 15 is 0 Å². The molecule has 2 fully saturated rings. The third-order valence-electron chi connectivity index (χ3n) is 3.63. The van der Waals surface area contributed by atoms with Crippen molar-refractivity contribution in [2.45, 2.75) is 25.2 Å². The zero-order chi connectivity index (χ0) is 12.4. The van der Waals surface area contributed by atoms with Gasteiger partial charge in [0.1, 0.15) is 0 Å². The largest absolute Gasteiger partial charge is 0.365 e. The fraction of sp³-hybridized carbons (Fsp3) is 0.615. The van der Waals surface area contributed by atoms with Gasteiger partial charge in [-0.05, 0) is 18.6 Å². The number of aromatic nitrogens is 1. The van der Waals surface area contributed by atoms with Gasteiger partial charge in [0.25, 0.3) is 0 Å². The van der Waals surface area contributed by atoms with Crippen LogP contribution in [0.4, 0.5) is 5.69 Å². The molecule has 2 saturated heterocycles. The maximum Gasteiger partial charge on any atom is 0.186 e. The third kappa shape index (κ3) is 2.09. The fourth-order valence-electron chi connectivity index (χ4n) is 2.80. The van der Waals surface area contributed by atoms with Crippen LogP contribution in [-0.2, 0) is 16.0 Å². The minimum atomic E-state index is -0.403. The van der Waals surface area contributed by atoms with Crippen molar-refractivity contribution in [1.82, 2.24) is 4.98 Å². The second kappa shape index (κ2) is 4.84. The molecule has 2 aliphatic rings.